The van der Waals surface area contributed by atoms with Crippen LogP contribution in [-0.4, -0.2) is 23.3 Å². The molecule has 3 heteroatoms. The standard InChI is InChI=1S/C29H50O3/c1-18(2)8-7-9-19(3)23-10-11-24-27-25(13-15-29(23,24)6)28(5)14-12-22(32-20(4)30)16-21(28)17-26(27)31/h18-19,21-27,31H,7-17H2,1-6H3/t19?,21-,22+,23-,24?,25?,26?,27?,28+,29-/m1/s1. The van der Waals surface area contributed by atoms with E-state index < -0.39 is 0 Å². The minimum Gasteiger partial charge on any atom is -0.463 e. The van der Waals surface area contributed by atoms with Crippen molar-refractivity contribution in [3.05, 3.63) is 0 Å². The minimum absolute atomic E-state index is 0.0609. The van der Waals surface area contributed by atoms with Crippen molar-refractivity contribution in [2.45, 2.75) is 124 Å². The van der Waals surface area contributed by atoms with Crippen LogP contribution >= 0.6 is 0 Å². The van der Waals surface area contributed by atoms with Crippen molar-refractivity contribution in [3.63, 3.8) is 0 Å². The van der Waals surface area contributed by atoms with E-state index in [9.17, 15) is 9.90 Å². The van der Waals surface area contributed by atoms with E-state index in [4.69, 9.17) is 4.74 Å². The van der Waals surface area contributed by atoms with E-state index >= 15 is 0 Å². The largest absolute Gasteiger partial charge is 0.463 e. The van der Waals surface area contributed by atoms with Crippen LogP contribution in [0.4, 0.5) is 0 Å². The molecule has 0 bridgehead atoms. The van der Waals surface area contributed by atoms with Crippen molar-refractivity contribution in [1.29, 1.82) is 0 Å². The van der Waals surface area contributed by atoms with Gasteiger partial charge < -0.3 is 9.84 Å². The molecular formula is C29H50O3. The Morgan fingerprint density at radius 2 is 1.66 bits per heavy atom. The number of hydrogen-bond acceptors (Lipinski definition) is 3. The maximum atomic E-state index is 11.5. The van der Waals surface area contributed by atoms with Crippen molar-refractivity contribution in [2.24, 2.45) is 52.3 Å². The summed E-state index contributed by atoms with van der Waals surface area (Å²) >= 11 is 0. The normalized spacial score (nSPS) is 46.8. The molecule has 0 amide bonds. The Balaban J connectivity index is 1.48. The lowest BCUT2D eigenvalue weighted by Gasteiger charge is -2.62. The number of ether oxygens (including phenoxy) is 1. The number of aliphatic hydroxyl groups excluding tert-OH is 1. The molecule has 10 atom stereocenters. The third-order valence-corrected chi connectivity index (χ3v) is 11.2. The Morgan fingerprint density at radius 3 is 2.34 bits per heavy atom. The molecule has 0 aromatic rings. The summed E-state index contributed by atoms with van der Waals surface area (Å²) in [5, 5.41) is 11.5. The highest BCUT2D eigenvalue weighted by Crippen LogP contribution is 2.68. The van der Waals surface area contributed by atoms with E-state index in [1.165, 1.54) is 51.9 Å². The molecule has 1 N–H and O–H groups in total. The van der Waals surface area contributed by atoms with Gasteiger partial charge in [-0.2, -0.15) is 0 Å². The topological polar surface area (TPSA) is 46.5 Å². The van der Waals surface area contributed by atoms with Crippen LogP contribution in [0.1, 0.15) is 112 Å². The van der Waals surface area contributed by atoms with Gasteiger partial charge in [0.05, 0.1) is 6.10 Å². The molecule has 4 aliphatic carbocycles. The van der Waals surface area contributed by atoms with E-state index in [-0.39, 0.29) is 18.2 Å². The summed E-state index contributed by atoms with van der Waals surface area (Å²) in [7, 11) is 0. The second kappa shape index (κ2) is 9.23. The molecule has 4 rings (SSSR count). The van der Waals surface area contributed by atoms with E-state index in [1.807, 2.05) is 0 Å². The van der Waals surface area contributed by atoms with Crippen LogP contribution in [0.3, 0.4) is 0 Å². The Hall–Kier alpha value is -0.570. The molecule has 0 saturated heterocycles. The molecule has 0 heterocycles. The summed E-state index contributed by atoms with van der Waals surface area (Å²) in [6, 6.07) is 0. The predicted molar refractivity (Wildman–Crippen MR) is 130 cm³/mol. The van der Waals surface area contributed by atoms with Gasteiger partial charge in [-0.1, -0.05) is 53.9 Å². The minimum atomic E-state index is -0.172. The summed E-state index contributed by atoms with van der Waals surface area (Å²) < 4.78 is 5.61. The molecule has 32 heavy (non-hydrogen) atoms. The number of rotatable bonds is 6. The Kier molecular flexibility index (Phi) is 7.08. The zero-order valence-electron chi connectivity index (χ0n) is 21.7. The van der Waals surface area contributed by atoms with E-state index in [0.29, 0.717) is 34.5 Å². The Labute approximate surface area is 197 Å². The molecule has 0 radical (unpaired) electrons. The van der Waals surface area contributed by atoms with E-state index in [1.54, 1.807) is 0 Å². The first-order valence-electron chi connectivity index (χ1n) is 13.9. The monoisotopic (exact) mass is 446 g/mol. The molecule has 4 aliphatic rings. The second-order valence-corrected chi connectivity index (χ2v) is 13.3. The fraction of sp³-hybridized carbons (Fsp3) is 0.966. The first-order valence-corrected chi connectivity index (χ1v) is 13.9. The molecule has 0 aromatic carbocycles. The van der Waals surface area contributed by atoms with Crippen LogP contribution in [0, 0.1) is 52.3 Å². The van der Waals surface area contributed by atoms with E-state index in [0.717, 1.165) is 43.4 Å². The average molecular weight is 447 g/mol. The van der Waals surface area contributed by atoms with Crippen LogP contribution in [0.15, 0.2) is 0 Å². The average Bonchev–Trinajstić information content (AvgIpc) is 3.05. The fourth-order valence-corrected chi connectivity index (χ4v) is 9.55. The van der Waals surface area contributed by atoms with Crippen LogP contribution in [0.5, 0.6) is 0 Å². The first kappa shape index (κ1) is 24.6. The van der Waals surface area contributed by atoms with Crippen molar-refractivity contribution in [1.82, 2.24) is 0 Å². The van der Waals surface area contributed by atoms with Crippen molar-refractivity contribution in [3.8, 4) is 0 Å². The zero-order chi connectivity index (χ0) is 23.3. The number of carbonyl (C=O) groups excluding carboxylic acids is 1. The van der Waals surface area contributed by atoms with E-state index in [2.05, 4.69) is 34.6 Å². The van der Waals surface area contributed by atoms with Gasteiger partial charge in [-0.15, -0.1) is 0 Å². The molecule has 0 spiro atoms. The third-order valence-electron chi connectivity index (χ3n) is 11.2. The lowest BCUT2D eigenvalue weighted by Crippen LogP contribution is -2.58. The zero-order valence-corrected chi connectivity index (χ0v) is 21.7. The van der Waals surface area contributed by atoms with Gasteiger partial charge in [0.2, 0.25) is 0 Å². The second-order valence-electron chi connectivity index (χ2n) is 13.3. The van der Waals surface area contributed by atoms with Crippen LogP contribution in [0.2, 0.25) is 0 Å². The summed E-state index contributed by atoms with van der Waals surface area (Å²) in [5.74, 6) is 4.61. The van der Waals surface area contributed by atoms with Gasteiger partial charge in [0.15, 0.2) is 0 Å². The predicted octanol–water partition coefficient (Wildman–Crippen LogP) is 7.01. The number of aliphatic hydroxyl groups is 1. The molecular weight excluding hydrogens is 396 g/mol. The first-order chi connectivity index (χ1) is 15.1. The molecule has 5 unspecified atom stereocenters. The number of esters is 1. The molecule has 0 aromatic heterocycles. The van der Waals surface area contributed by atoms with Gasteiger partial charge >= 0.3 is 5.97 Å². The lowest BCUT2D eigenvalue weighted by atomic mass is 9.43. The van der Waals surface area contributed by atoms with Crippen molar-refractivity contribution >= 4 is 5.97 Å². The summed E-state index contributed by atoms with van der Waals surface area (Å²) in [4.78, 5) is 11.5. The van der Waals surface area contributed by atoms with Crippen LogP contribution < -0.4 is 0 Å². The van der Waals surface area contributed by atoms with Crippen molar-refractivity contribution in [2.75, 3.05) is 0 Å². The number of fused-ring (bicyclic) bond motifs is 5. The Morgan fingerprint density at radius 1 is 0.969 bits per heavy atom. The highest BCUT2D eigenvalue weighted by molar-refractivity contribution is 5.66. The number of carbonyl (C=O) groups is 1. The highest BCUT2D eigenvalue weighted by Gasteiger charge is 2.63. The van der Waals surface area contributed by atoms with Gasteiger partial charge in [-0.05, 0) is 104 Å². The summed E-state index contributed by atoms with van der Waals surface area (Å²) in [5.41, 5.74) is 0.723. The molecule has 0 aliphatic heterocycles. The highest BCUT2D eigenvalue weighted by atomic mass is 16.5. The van der Waals surface area contributed by atoms with Crippen molar-refractivity contribution < 1.29 is 14.6 Å². The lowest BCUT2D eigenvalue weighted by molar-refractivity contribution is -0.182. The van der Waals surface area contributed by atoms with Gasteiger partial charge in [0.25, 0.3) is 0 Å². The molecule has 3 nitrogen and oxygen atoms in total. The maximum absolute atomic E-state index is 11.5. The quantitative estimate of drug-likeness (QED) is 0.446. The molecule has 184 valence electrons. The molecule has 4 saturated carbocycles. The van der Waals surface area contributed by atoms with Gasteiger partial charge in [-0.3, -0.25) is 4.79 Å². The summed E-state index contributed by atoms with van der Waals surface area (Å²) in [6.07, 6.45) is 13.3. The SMILES string of the molecule is CC(=O)O[C@H]1CC[C@]2(C)C3CC[C@@]4(C)C(CC[C@@H]4C(C)CCCC(C)C)C3C(O)C[C@H]2C1. The number of hydrogen-bond donors (Lipinski definition) is 1. The maximum Gasteiger partial charge on any atom is 0.302 e. The summed E-state index contributed by atoms with van der Waals surface area (Å²) in [6.45, 7) is 13.9. The molecule has 4 fully saturated rings. The third kappa shape index (κ3) is 4.29. The fourth-order valence-electron chi connectivity index (χ4n) is 9.55. The van der Waals surface area contributed by atoms with Gasteiger partial charge in [0, 0.05) is 6.92 Å². The van der Waals surface area contributed by atoms with Crippen LogP contribution in [0.25, 0.3) is 0 Å². The van der Waals surface area contributed by atoms with Crippen LogP contribution in [-0.2, 0) is 9.53 Å². The Bertz CT molecular complexity index is 673. The smallest absolute Gasteiger partial charge is 0.302 e. The van der Waals surface area contributed by atoms with Gasteiger partial charge in [-0.25, -0.2) is 0 Å². The van der Waals surface area contributed by atoms with Gasteiger partial charge in [0.1, 0.15) is 6.10 Å².